The monoisotopic (exact) mass is 225 g/mol. The molecule has 0 saturated heterocycles. The summed E-state index contributed by atoms with van der Waals surface area (Å²) >= 11 is 1.61. The van der Waals surface area contributed by atoms with Gasteiger partial charge in [0.1, 0.15) is 0 Å². The van der Waals surface area contributed by atoms with Crippen molar-refractivity contribution in [2.24, 2.45) is 0 Å². The van der Waals surface area contributed by atoms with Gasteiger partial charge in [-0.05, 0) is 25.5 Å². The number of thioether (sulfide) groups is 1. The molecule has 4 heteroatoms. The largest absolute Gasteiger partial charge is 0.478 e. The van der Waals surface area contributed by atoms with Crippen molar-refractivity contribution in [3.8, 4) is 0 Å². The highest BCUT2D eigenvalue weighted by atomic mass is 32.2. The van der Waals surface area contributed by atoms with Crippen LogP contribution < -0.4 is 0 Å². The third-order valence-corrected chi connectivity index (χ3v) is 3.26. The van der Waals surface area contributed by atoms with Crippen molar-refractivity contribution in [2.45, 2.75) is 37.5 Å². The van der Waals surface area contributed by atoms with E-state index in [9.17, 15) is 4.79 Å². The fourth-order valence-electron chi connectivity index (χ4n) is 1.11. The minimum atomic E-state index is -0.897. The van der Waals surface area contributed by atoms with Gasteiger partial charge in [0.2, 0.25) is 0 Å². The summed E-state index contributed by atoms with van der Waals surface area (Å²) in [5.41, 5.74) is 1.06. The Morgan fingerprint density at radius 1 is 1.60 bits per heavy atom. The number of hydrogen-bond donors (Lipinski definition) is 1. The van der Waals surface area contributed by atoms with Gasteiger partial charge < -0.3 is 5.11 Å². The van der Waals surface area contributed by atoms with E-state index in [1.807, 2.05) is 6.92 Å². The number of nitrogens with zero attached hydrogens (tertiary/aromatic N) is 1. The first-order valence-electron chi connectivity index (χ1n) is 4.91. The van der Waals surface area contributed by atoms with Crippen LogP contribution in [0.25, 0.3) is 0 Å². The predicted molar refractivity (Wildman–Crippen MR) is 61.5 cm³/mol. The van der Waals surface area contributed by atoms with Gasteiger partial charge in [0.15, 0.2) is 0 Å². The van der Waals surface area contributed by atoms with Crippen LogP contribution in [0.15, 0.2) is 17.2 Å². The zero-order chi connectivity index (χ0) is 11.4. The Morgan fingerprint density at radius 2 is 2.27 bits per heavy atom. The van der Waals surface area contributed by atoms with Gasteiger partial charge in [-0.15, -0.1) is 11.8 Å². The fourth-order valence-corrected chi connectivity index (χ4v) is 2.08. The number of pyridine rings is 1. The Morgan fingerprint density at radius 3 is 2.80 bits per heavy atom. The molecule has 1 aromatic heterocycles. The Balaban J connectivity index is 2.93. The maximum absolute atomic E-state index is 10.8. The number of aromatic nitrogens is 1. The molecule has 0 bridgehead atoms. The molecule has 0 aliphatic rings. The number of carboxylic acids is 1. The van der Waals surface area contributed by atoms with Gasteiger partial charge in [-0.2, -0.15) is 0 Å². The molecule has 1 rings (SSSR count). The highest BCUT2D eigenvalue weighted by molar-refractivity contribution is 7.99. The van der Waals surface area contributed by atoms with Gasteiger partial charge >= 0.3 is 5.97 Å². The van der Waals surface area contributed by atoms with Crippen LogP contribution in [0.3, 0.4) is 0 Å². The van der Waals surface area contributed by atoms with Crippen molar-refractivity contribution < 1.29 is 9.90 Å². The van der Waals surface area contributed by atoms with Crippen molar-refractivity contribution in [3.63, 3.8) is 0 Å². The summed E-state index contributed by atoms with van der Waals surface area (Å²) in [5.74, 6) is -0.897. The highest BCUT2D eigenvalue weighted by Crippen LogP contribution is 2.24. The molecule has 0 aliphatic carbocycles. The predicted octanol–water partition coefficient (Wildman–Crippen LogP) is 2.98. The lowest BCUT2D eigenvalue weighted by Crippen LogP contribution is -2.01. The summed E-state index contributed by atoms with van der Waals surface area (Å²) in [7, 11) is 0. The van der Waals surface area contributed by atoms with Crippen molar-refractivity contribution in [2.75, 3.05) is 0 Å². The standard InChI is InChI=1S/C11H15NO2S/c1-4-8(3)15-10-6-9(11(13)14)5-7(2)12-10/h5-6,8H,4H2,1-3H3,(H,13,14). The Kier molecular flexibility index (Phi) is 4.15. The maximum Gasteiger partial charge on any atom is 0.335 e. The lowest BCUT2D eigenvalue weighted by atomic mass is 10.2. The second kappa shape index (κ2) is 5.16. The lowest BCUT2D eigenvalue weighted by molar-refractivity contribution is 0.0696. The molecule has 3 nitrogen and oxygen atoms in total. The molecule has 15 heavy (non-hydrogen) atoms. The summed E-state index contributed by atoms with van der Waals surface area (Å²) in [6.07, 6.45) is 1.04. The van der Waals surface area contributed by atoms with Gasteiger partial charge in [0, 0.05) is 10.9 Å². The second-order valence-corrected chi connectivity index (χ2v) is 4.94. The molecule has 1 heterocycles. The normalized spacial score (nSPS) is 12.5. The van der Waals surface area contributed by atoms with E-state index < -0.39 is 5.97 Å². The second-order valence-electron chi connectivity index (χ2n) is 3.48. The first kappa shape index (κ1) is 12.0. The number of aryl methyl sites for hydroxylation is 1. The van der Waals surface area contributed by atoms with Gasteiger partial charge in [-0.3, -0.25) is 0 Å². The van der Waals surface area contributed by atoms with Crippen LogP contribution in [0.4, 0.5) is 0 Å². The molecule has 0 spiro atoms. The summed E-state index contributed by atoms with van der Waals surface area (Å²) in [5, 5.41) is 10.1. The minimum Gasteiger partial charge on any atom is -0.478 e. The van der Waals surface area contributed by atoms with Gasteiger partial charge in [0.25, 0.3) is 0 Å². The maximum atomic E-state index is 10.8. The number of hydrogen-bond acceptors (Lipinski definition) is 3. The van der Waals surface area contributed by atoms with Crippen LogP contribution in [0.2, 0.25) is 0 Å². The van der Waals surface area contributed by atoms with E-state index in [4.69, 9.17) is 5.11 Å². The van der Waals surface area contributed by atoms with Crippen LogP contribution in [-0.2, 0) is 0 Å². The molecule has 0 fully saturated rings. The van der Waals surface area contributed by atoms with E-state index in [0.717, 1.165) is 17.1 Å². The molecule has 0 aromatic carbocycles. The van der Waals surface area contributed by atoms with Gasteiger partial charge in [-0.25, -0.2) is 9.78 Å². The first-order chi connectivity index (χ1) is 7.02. The molecular formula is C11H15NO2S. The average molecular weight is 225 g/mol. The van der Waals surface area contributed by atoms with E-state index in [1.54, 1.807) is 23.9 Å². The van der Waals surface area contributed by atoms with Crippen LogP contribution in [0, 0.1) is 6.92 Å². The summed E-state index contributed by atoms with van der Waals surface area (Å²) in [6, 6.07) is 3.22. The van der Waals surface area contributed by atoms with E-state index in [2.05, 4.69) is 18.8 Å². The van der Waals surface area contributed by atoms with Crippen LogP contribution in [0.1, 0.15) is 36.3 Å². The fraction of sp³-hybridized carbons (Fsp3) is 0.455. The molecule has 0 aliphatic heterocycles. The molecule has 0 amide bonds. The van der Waals surface area contributed by atoms with E-state index in [0.29, 0.717) is 10.8 Å². The molecule has 0 saturated carbocycles. The Labute approximate surface area is 93.9 Å². The number of rotatable bonds is 4. The SMILES string of the molecule is CCC(C)Sc1cc(C(=O)O)cc(C)n1. The van der Waals surface area contributed by atoms with Crippen molar-refractivity contribution in [1.82, 2.24) is 4.98 Å². The van der Waals surface area contributed by atoms with Crippen molar-refractivity contribution in [3.05, 3.63) is 23.4 Å². The minimum absolute atomic E-state index is 0.313. The van der Waals surface area contributed by atoms with Crippen LogP contribution in [0.5, 0.6) is 0 Å². The topological polar surface area (TPSA) is 50.2 Å². The van der Waals surface area contributed by atoms with E-state index in [1.165, 1.54) is 0 Å². The third kappa shape index (κ3) is 3.55. The summed E-state index contributed by atoms with van der Waals surface area (Å²) in [4.78, 5) is 15.1. The first-order valence-corrected chi connectivity index (χ1v) is 5.79. The zero-order valence-corrected chi connectivity index (χ0v) is 9.97. The highest BCUT2D eigenvalue weighted by Gasteiger charge is 2.09. The molecule has 1 atom stereocenters. The number of carboxylic acid groups (broad SMARTS) is 1. The smallest absolute Gasteiger partial charge is 0.335 e. The summed E-state index contributed by atoms with van der Waals surface area (Å²) < 4.78 is 0. The summed E-state index contributed by atoms with van der Waals surface area (Å²) in [6.45, 7) is 6.02. The van der Waals surface area contributed by atoms with Crippen molar-refractivity contribution >= 4 is 17.7 Å². The molecule has 1 unspecified atom stereocenters. The number of aromatic carboxylic acids is 1. The van der Waals surface area contributed by atoms with Crippen molar-refractivity contribution in [1.29, 1.82) is 0 Å². The zero-order valence-electron chi connectivity index (χ0n) is 9.15. The molecular weight excluding hydrogens is 210 g/mol. The van der Waals surface area contributed by atoms with Crippen LogP contribution in [-0.4, -0.2) is 21.3 Å². The molecule has 82 valence electrons. The van der Waals surface area contributed by atoms with E-state index in [-0.39, 0.29) is 0 Å². The molecule has 0 radical (unpaired) electrons. The Bertz CT molecular complexity index is 366. The number of carbonyl (C=O) groups is 1. The quantitative estimate of drug-likeness (QED) is 0.800. The third-order valence-electron chi connectivity index (χ3n) is 2.07. The van der Waals surface area contributed by atoms with Gasteiger partial charge in [0.05, 0.1) is 10.6 Å². The molecule has 1 N–H and O–H groups in total. The Hall–Kier alpha value is -1.03. The van der Waals surface area contributed by atoms with E-state index >= 15 is 0 Å². The average Bonchev–Trinajstić information content (AvgIpc) is 2.16. The molecule has 1 aromatic rings. The lowest BCUT2D eigenvalue weighted by Gasteiger charge is -2.08. The van der Waals surface area contributed by atoms with Gasteiger partial charge in [-0.1, -0.05) is 13.8 Å². The van der Waals surface area contributed by atoms with Crippen LogP contribution >= 0.6 is 11.8 Å².